The van der Waals surface area contributed by atoms with Crippen molar-refractivity contribution in [1.29, 1.82) is 0 Å². The van der Waals surface area contributed by atoms with Gasteiger partial charge in [0, 0.05) is 30.0 Å². The fourth-order valence-corrected chi connectivity index (χ4v) is 2.99. The molecule has 140 valence electrons. The molecule has 1 heterocycles. The molecule has 0 atom stereocenters. The van der Waals surface area contributed by atoms with Crippen molar-refractivity contribution in [1.82, 2.24) is 0 Å². The van der Waals surface area contributed by atoms with Gasteiger partial charge in [0.1, 0.15) is 5.75 Å². The van der Waals surface area contributed by atoms with E-state index in [1.807, 2.05) is 6.92 Å². The van der Waals surface area contributed by atoms with Crippen molar-refractivity contribution < 1.29 is 19.1 Å². The van der Waals surface area contributed by atoms with E-state index < -0.39 is 11.8 Å². The van der Waals surface area contributed by atoms with Crippen LogP contribution in [0.25, 0.3) is 0 Å². The molecular formula is C20H21N3O4. The van der Waals surface area contributed by atoms with Crippen molar-refractivity contribution in [3.05, 3.63) is 48.0 Å². The Morgan fingerprint density at radius 3 is 2.19 bits per heavy atom. The summed E-state index contributed by atoms with van der Waals surface area (Å²) in [6.07, 6.45) is 1.41. The molecule has 0 saturated carbocycles. The Morgan fingerprint density at radius 2 is 1.63 bits per heavy atom. The van der Waals surface area contributed by atoms with Crippen molar-refractivity contribution in [3.63, 3.8) is 0 Å². The summed E-state index contributed by atoms with van der Waals surface area (Å²) in [4.78, 5) is 37.8. The molecule has 0 aromatic heterocycles. The van der Waals surface area contributed by atoms with Gasteiger partial charge in [0.25, 0.3) is 0 Å². The standard InChI is InChI=1S/C20H21N3O4/c1-13-12-15(7-10-17(13)23-11-3-4-18(23)24)22-20(26)19(25)21-14-5-8-16(27-2)9-6-14/h5-10,12H,3-4,11H2,1-2H3,(H,21,25)(H,22,26). The number of anilines is 3. The summed E-state index contributed by atoms with van der Waals surface area (Å²) >= 11 is 0. The number of methoxy groups -OCH3 is 1. The second-order valence-electron chi connectivity index (χ2n) is 6.29. The van der Waals surface area contributed by atoms with Gasteiger partial charge in [-0.25, -0.2) is 0 Å². The Bertz CT molecular complexity index is 877. The topological polar surface area (TPSA) is 87.7 Å². The van der Waals surface area contributed by atoms with Gasteiger partial charge in [-0.15, -0.1) is 0 Å². The van der Waals surface area contributed by atoms with Crippen LogP contribution in [0.4, 0.5) is 17.1 Å². The normalized spacial score (nSPS) is 13.4. The number of benzene rings is 2. The summed E-state index contributed by atoms with van der Waals surface area (Å²) < 4.78 is 5.05. The van der Waals surface area contributed by atoms with Crippen molar-refractivity contribution in [2.75, 3.05) is 29.2 Å². The first-order valence-electron chi connectivity index (χ1n) is 8.65. The predicted molar refractivity (Wildman–Crippen MR) is 103 cm³/mol. The molecule has 7 heteroatoms. The van der Waals surface area contributed by atoms with Crippen molar-refractivity contribution in [2.45, 2.75) is 19.8 Å². The third kappa shape index (κ3) is 4.25. The van der Waals surface area contributed by atoms with E-state index in [9.17, 15) is 14.4 Å². The van der Waals surface area contributed by atoms with Gasteiger partial charge in [-0.3, -0.25) is 14.4 Å². The maximum Gasteiger partial charge on any atom is 0.314 e. The zero-order valence-electron chi connectivity index (χ0n) is 15.2. The zero-order valence-corrected chi connectivity index (χ0v) is 15.2. The molecule has 2 aromatic rings. The number of nitrogens with zero attached hydrogens (tertiary/aromatic N) is 1. The number of amides is 3. The van der Waals surface area contributed by atoms with Gasteiger partial charge in [-0.1, -0.05) is 0 Å². The SMILES string of the molecule is COc1ccc(NC(=O)C(=O)Nc2ccc(N3CCCC3=O)c(C)c2)cc1. The zero-order chi connectivity index (χ0) is 19.4. The molecule has 7 nitrogen and oxygen atoms in total. The lowest BCUT2D eigenvalue weighted by atomic mass is 10.1. The van der Waals surface area contributed by atoms with E-state index in [0.29, 0.717) is 30.1 Å². The second-order valence-corrected chi connectivity index (χ2v) is 6.29. The molecule has 1 fully saturated rings. The minimum absolute atomic E-state index is 0.105. The monoisotopic (exact) mass is 367 g/mol. The molecule has 0 bridgehead atoms. The highest BCUT2D eigenvalue weighted by atomic mass is 16.5. The molecule has 1 aliphatic heterocycles. The van der Waals surface area contributed by atoms with Crippen LogP contribution in [0.1, 0.15) is 18.4 Å². The number of hydrogen-bond acceptors (Lipinski definition) is 4. The number of carbonyl (C=O) groups is 3. The summed E-state index contributed by atoms with van der Waals surface area (Å²) in [6, 6.07) is 11.9. The summed E-state index contributed by atoms with van der Waals surface area (Å²) in [5.74, 6) is -0.773. The summed E-state index contributed by atoms with van der Waals surface area (Å²) in [5.41, 5.74) is 2.68. The number of nitrogens with one attached hydrogen (secondary N) is 2. The molecule has 1 saturated heterocycles. The fourth-order valence-electron chi connectivity index (χ4n) is 2.99. The average molecular weight is 367 g/mol. The second kappa shape index (κ2) is 7.90. The average Bonchev–Trinajstić information content (AvgIpc) is 3.08. The molecule has 1 aliphatic rings. The van der Waals surface area contributed by atoms with Crippen molar-refractivity contribution >= 4 is 34.8 Å². The minimum atomic E-state index is -0.768. The van der Waals surface area contributed by atoms with Gasteiger partial charge < -0.3 is 20.3 Å². The Hall–Kier alpha value is -3.35. The first-order valence-corrected chi connectivity index (χ1v) is 8.65. The van der Waals surface area contributed by atoms with Crippen LogP contribution in [0, 0.1) is 6.92 Å². The number of aryl methyl sites for hydroxylation is 1. The van der Waals surface area contributed by atoms with E-state index in [1.165, 1.54) is 0 Å². The summed E-state index contributed by atoms with van der Waals surface area (Å²) in [5, 5.41) is 5.11. The Labute approximate surface area is 157 Å². The van der Waals surface area contributed by atoms with E-state index in [1.54, 1.807) is 54.5 Å². The van der Waals surface area contributed by atoms with E-state index >= 15 is 0 Å². The third-order valence-electron chi connectivity index (χ3n) is 4.37. The molecule has 0 spiro atoms. The highest BCUT2D eigenvalue weighted by Crippen LogP contribution is 2.27. The molecule has 0 aliphatic carbocycles. The molecule has 0 radical (unpaired) electrons. The summed E-state index contributed by atoms with van der Waals surface area (Å²) in [6.45, 7) is 2.57. The predicted octanol–water partition coefficient (Wildman–Crippen LogP) is 2.71. The van der Waals surface area contributed by atoms with E-state index in [2.05, 4.69) is 10.6 Å². The number of hydrogen-bond donors (Lipinski definition) is 2. The molecule has 0 unspecified atom stereocenters. The molecule has 3 rings (SSSR count). The van der Waals surface area contributed by atoms with Crippen LogP contribution < -0.4 is 20.3 Å². The van der Waals surface area contributed by atoms with Gasteiger partial charge >= 0.3 is 11.8 Å². The first-order chi connectivity index (χ1) is 13.0. The van der Waals surface area contributed by atoms with Gasteiger partial charge in [0.05, 0.1) is 7.11 Å². The number of ether oxygens (including phenoxy) is 1. The Kier molecular flexibility index (Phi) is 5.40. The third-order valence-corrected chi connectivity index (χ3v) is 4.37. The van der Waals surface area contributed by atoms with Gasteiger partial charge in [0.2, 0.25) is 5.91 Å². The quantitative estimate of drug-likeness (QED) is 0.814. The van der Waals surface area contributed by atoms with Gasteiger partial charge in [-0.2, -0.15) is 0 Å². The largest absolute Gasteiger partial charge is 0.497 e. The minimum Gasteiger partial charge on any atom is -0.497 e. The maximum absolute atomic E-state index is 12.1. The Morgan fingerprint density at radius 1 is 1.00 bits per heavy atom. The van der Waals surface area contributed by atoms with Crippen LogP contribution in [-0.4, -0.2) is 31.4 Å². The maximum atomic E-state index is 12.1. The molecule has 3 amide bonds. The van der Waals surface area contributed by atoms with E-state index in [4.69, 9.17) is 4.74 Å². The van der Waals surface area contributed by atoms with Crippen LogP contribution in [0.5, 0.6) is 5.75 Å². The van der Waals surface area contributed by atoms with Crippen LogP contribution in [0.3, 0.4) is 0 Å². The number of carbonyl (C=O) groups excluding carboxylic acids is 3. The van der Waals surface area contributed by atoms with Crippen LogP contribution in [0.2, 0.25) is 0 Å². The first kappa shape index (κ1) is 18.4. The molecule has 2 N–H and O–H groups in total. The fraction of sp³-hybridized carbons (Fsp3) is 0.250. The highest BCUT2D eigenvalue weighted by Gasteiger charge is 2.23. The Balaban J connectivity index is 1.63. The van der Waals surface area contributed by atoms with Gasteiger partial charge in [-0.05, 0) is 61.4 Å². The lowest BCUT2D eigenvalue weighted by molar-refractivity contribution is -0.132. The van der Waals surface area contributed by atoms with Crippen molar-refractivity contribution in [3.8, 4) is 5.75 Å². The summed E-state index contributed by atoms with van der Waals surface area (Å²) in [7, 11) is 1.55. The molecule has 2 aromatic carbocycles. The van der Waals surface area contributed by atoms with Crippen LogP contribution >= 0.6 is 0 Å². The molecular weight excluding hydrogens is 346 g/mol. The van der Waals surface area contributed by atoms with Gasteiger partial charge in [0.15, 0.2) is 0 Å². The lowest BCUT2D eigenvalue weighted by Gasteiger charge is -2.19. The van der Waals surface area contributed by atoms with E-state index in [-0.39, 0.29) is 5.91 Å². The molecule has 27 heavy (non-hydrogen) atoms. The van der Waals surface area contributed by atoms with Crippen molar-refractivity contribution in [2.24, 2.45) is 0 Å². The highest BCUT2D eigenvalue weighted by molar-refractivity contribution is 6.43. The lowest BCUT2D eigenvalue weighted by Crippen LogP contribution is -2.29. The number of rotatable bonds is 4. The van der Waals surface area contributed by atoms with Crippen LogP contribution in [0.15, 0.2) is 42.5 Å². The van der Waals surface area contributed by atoms with E-state index in [0.717, 1.165) is 17.7 Å². The van der Waals surface area contributed by atoms with Crippen LogP contribution in [-0.2, 0) is 14.4 Å². The smallest absolute Gasteiger partial charge is 0.314 e.